The van der Waals surface area contributed by atoms with Gasteiger partial charge in [-0.3, -0.25) is 4.79 Å². The summed E-state index contributed by atoms with van der Waals surface area (Å²) in [6, 6.07) is 12.0. The summed E-state index contributed by atoms with van der Waals surface area (Å²) in [7, 11) is 1.89. The van der Waals surface area contributed by atoms with Gasteiger partial charge >= 0.3 is 6.29 Å². The summed E-state index contributed by atoms with van der Waals surface area (Å²) < 4.78 is 35.9. The highest BCUT2D eigenvalue weighted by molar-refractivity contribution is 7.18. The molecule has 6 nitrogen and oxygen atoms in total. The average Bonchev–Trinajstić information content (AvgIpc) is 3.11. The van der Waals surface area contributed by atoms with Gasteiger partial charge in [-0.1, -0.05) is 12.1 Å². The number of nitrogens with zero attached hydrogens (tertiary/aromatic N) is 1. The number of halogens is 2. The molecule has 4 rings (SSSR count). The average molecular weight is 392 g/mol. The lowest BCUT2D eigenvalue weighted by Gasteiger charge is -2.12. The summed E-state index contributed by atoms with van der Waals surface area (Å²) in [5, 5.41) is 3.64. The number of rotatable bonds is 5. The van der Waals surface area contributed by atoms with E-state index >= 15 is 0 Å². The number of amides is 1. The Hall–Kier alpha value is -2.78. The Kier molecular flexibility index (Phi) is 4.40. The maximum Gasteiger partial charge on any atom is 0.586 e. The predicted molar refractivity (Wildman–Crippen MR) is 96.4 cm³/mol. The Labute approximate surface area is 157 Å². The second-order valence-corrected chi connectivity index (χ2v) is 7.38. The van der Waals surface area contributed by atoms with E-state index in [1.165, 1.54) is 18.2 Å². The third-order valence-corrected chi connectivity index (χ3v) is 4.97. The van der Waals surface area contributed by atoms with Crippen molar-refractivity contribution in [2.75, 3.05) is 18.9 Å². The first-order valence-corrected chi connectivity index (χ1v) is 9.05. The number of carbonyl (C=O) groups is 1. The first kappa shape index (κ1) is 17.6. The SMILES string of the molecule is C[NH+](CC(=O)Nc1ccc2c(c1)OC(F)(F)O2)Cc1nc2ccccc2s1. The van der Waals surface area contributed by atoms with Gasteiger partial charge < -0.3 is 19.7 Å². The van der Waals surface area contributed by atoms with Gasteiger partial charge in [0.1, 0.15) is 11.6 Å². The number of nitrogens with one attached hydrogen (secondary N) is 2. The minimum atomic E-state index is -3.67. The number of benzene rings is 2. The highest BCUT2D eigenvalue weighted by Gasteiger charge is 2.43. The molecular formula is C18H16F2N3O3S+. The van der Waals surface area contributed by atoms with Crippen molar-refractivity contribution in [1.29, 1.82) is 0 Å². The van der Waals surface area contributed by atoms with E-state index in [0.717, 1.165) is 20.1 Å². The largest absolute Gasteiger partial charge is 0.586 e. The summed E-state index contributed by atoms with van der Waals surface area (Å²) in [4.78, 5) is 17.8. The number of fused-ring (bicyclic) bond motifs is 2. The van der Waals surface area contributed by atoms with Crippen molar-refractivity contribution in [2.24, 2.45) is 0 Å². The van der Waals surface area contributed by atoms with Gasteiger partial charge in [-0.15, -0.1) is 20.1 Å². The molecule has 2 heterocycles. The number of thiazole rings is 1. The Morgan fingerprint density at radius 2 is 2.00 bits per heavy atom. The molecule has 0 spiro atoms. The van der Waals surface area contributed by atoms with Gasteiger partial charge in [0, 0.05) is 11.8 Å². The molecule has 27 heavy (non-hydrogen) atoms. The van der Waals surface area contributed by atoms with Crippen LogP contribution in [-0.2, 0) is 11.3 Å². The molecule has 1 aliphatic rings. The molecule has 1 aromatic heterocycles. The van der Waals surface area contributed by atoms with E-state index in [1.807, 2.05) is 31.3 Å². The first-order valence-electron chi connectivity index (χ1n) is 8.23. The standard InChI is InChI=1S/C18H15F2N3O3S/c1-23(10-17-22-12-4-2-3-5-15(12)27-17)9-16(24)21-11-6-7-13-14(8-11)26-18(19,20)25-13/h2-8H,9-10H2,1H3,(H,21,24)/p+1. The molecule has 2 N–H and O–H groups in total. The molecule has 0 saturated carbocycles. The molecular weight excluding hydrogens is 376 g/mol. The first-order chi connectivity index (χ1) is 12.9. The van der Waals surface area contributed by atoms with Gasteiger partial charge in [-0.25, -0.2) is 4.98 Å². The van der Waals surface area contributed by atoms with Crippen LogP contribution < -0.4 is 19.7 Å². The lowest BCUT2D eigenvalue weighted by Crippen LogP contribution is -3.08. The summed E-state index contributed by atoms with van der Waals surface area (Å²) in [5.41, 5.74) is 1.32. The number of hydrogen-bond acceptors (Lipinski definition) is 5. The van der Waals surface area contributed by atoms with E-state index in [1.54, 1.807) is 11.3 Å². The Balaban J connectivity index is 1.35. The molecule has 0 saturated heterocycles. The highest BCUT2D eigenvalue weighted by Crippen LogP contribution is 2.42. The Bertz CT molecular complexity index is 975. The summed E-state index contributed by atoms with van der Waals surface area (Å²) in [6.07, 6.45) is -3.67. The molecule has 2 aromatic carbocycles. The lowest BCUT2D eigenvalue weighted by atomic mass is 10.2. The van der Waals surface area contributed by atoms with Crippen LogP contribution in [0.4, 0.5) is 14.5 Å². The number of carbonyl (C=O) groups excluding carboxylic acids is 1. The number of ether oxygens (including phenoxy) is 2. The summed E-state index contributed by atoms with van der Waals surface area (Å²) in [6.45, 7) is 0.820. The van der Waals surface area contributed by atoms with Crippen LogP contribution in [-0.4, -0.2) is 30.8 Å². The lowest BCUT2D eigenvalue weighted by molar-refractivity contribution is -0.885. The number of aromatic nitrogens is 1. The molecule has 1 unspecified atom stereocenters. The number of likely N-dealkylation sites (N-methyl/N-ethyl adjacent to an activating group) is 1. The second-order valence-electron chi connectivity index (χ2n) is 6.26. The molecule has 0 fully saturated rings. The number of para-hydroxylation sites is 1. The molecule has 3 aromatic rings. The van der Waals surface area contributed by atoms with Crippen molar-refractivity contribution in [3.63, 3.8) is 0 Å². The van der Waals surface area contributed by atoms with Crippen molar-refractivity contribution in [3.8, 4) is 11.5 Å². The van der Waals surface area contributed by atoms with E-state index in [4.69, 9.17) is 0 Å². The monoisotopic (exact) mass is 392 g/mol. The van der Waals surface area contributed by atoms with E-state index < -0.39 is 6.29 Å². The van der Waals surface area contributed by atoms with Crippen molar-refractivity contribution in [1.82, 2.24) is 4.98 Å². The third-order valence-electron chi connectivity index (χ3n) is 3.94. The maximum absolute atomic E-state index is 13.0. The van der Waals surface area contributed by atoms with Crippen LogP contribution in [0, 0.1) is 0 Å². The van der Waals surface area contributed by atoms with Crippen LogP contribution >= 0.6 is 11.3 Å². The Morgan fingerprint density at radius 1 is 1.22 bits per heavy atom. The molecule has 1 amide bonds. The second kappa shape index (κ2) is 6.75. The van der Waals surface area contributed by atoms with Crippen LogP contribution in [0.3, 0.4) is 0 Å². The fourth-order valence-corrected chi connectivity index (χ4v) is 3.90. The van der Waals surface area contributed by atoms with E-state index in [0.29, 0.717) is 12.2 Å². The minimum absolute atomic E-state index is 0.0587. The van der Waals surface area contributed by atoms with Crippen molar-refractivity contribution >= 4 is 33.1 Å². The van der Waals surface area contributed by atoms with Gasteiger partial charge in [-0.2, -0.15) is 0 Å². The van der Waals surface area contributed by atoms with Gasteiger partial charge in [-0.05, 0) is 24.3 Å². The van der Waals surface area contributed by atoms with Gasteiger partial charge in [0.05, 0.1) is 17.3 Å². The van der Waals surface area contributed by atoms with Crippen molar-refractivity contribution in [2.45, 2.75) is 12.8 Å². The van der Waals surface area contributed by atoms with E-state index in [9.17, 15) is 13.6 Å². The van der Waals surface area contributed by atoms with E-state index in [2.05, 4.69) is 19.8 Å². The Morgan fingerprint density at radius 3 is 2.81 bits per heavy atom. The third kappa shape index (κ3) is 3.99. The highest BCUT2D eigenvalue weighted by atomic mass is 32.1. The van der Waals surface area contributed by atoms with E-state index in [-0.39, 0.29) is 24.0 Å². The van der Waals surface area contributed by atoms with Crippen LogP contribution in [0.15, 0.2) is 42.5 Å². The maximum atomic E-state index is 13.0. The molecule has 9 heteroatoms. The minimum Gasteiger partial charge on any atom is -0.395 e. The quantitative estimate of drug-likeness (QED) is 0.699. The molecule has 0 radical (unpaired) electrons. The van der Waals surface area contributed by atoms with Crippen LogP contribution in [0.5, 0.6) is 11.5 Å². The summed E-state index contributed by atoms with van der Waals surface area (Å²) >= 11 is 1.60. The number of hydrogen-bond donors (Lipinski definition) is 2. The van der Waals surface area contributed by atoms with Gasteiger partial charge in [0.15, 0.2) is 18.0 Å². The zero-order valence-corrected chi connectivity index (χ0v) is 15.1. The zero-order valence-electron chi connectivity index (χ0n) is 14.3. The topological polar surface area (TPSA) is 64.9 Å². The normalized spacial score (nSPS) is 15.7. The molecule has 0 aliphatic carbocycles. The molecule has 1 atom stereocenters. The predicted octanol–water partition coefficient (Wildman–Crippen LogP) is 2.27. The van der Waals surface area contributed by atoms with Crippen molar-refractivity contribution in [3.05, 3.63) is 47.5 Å². The van der Waals surface area contributed by atoms with Crippen molar-refractivity contribution < 1.29 is 27.9 Å². The zero-order chi connectivity index (χ0) is 19.0. The number of quaternary nitrogens is 1. The van der Waals surface area contributed by atoms with Crippen LogP contribution in [0.2, 0.25) is 0 Å². The van der Waals surface area contributed by atoms with Crippen LogP contribution in [0.1, 0.15) is 5.01 Å². The molecule has 1 aliphatic heterocycles. The fraction of sp³-hybridized carbons (Fsp3) is 0.222. The molecule has 140 valence electrons. The molecule has 0 bridgehead atoms. The number of alkyl halides is 2. The van der Waals surface area contributed by atoms with Gasteiger partial charge in [0.25, 0.3) is 5.91 Å². The van der Waals surface area contributed by atoms with Crippen LogP contribution in [0.25, 0.3) is 10.2 Å². The smallest absolute Gasteiger partial charge is 0.395 e. The number of anilines is 1. The summed E-state index contributed by atoms with van der Waals surface area (Å²) in [5.74, 6) is -0.399. The van der Waals surface area contributed by atoms with Gasteiger partial charge in [0.2, 0.25) is 0 Å². The fourth-order valence-electron chi connectivity index (χ4n) is 2.82.